The van der Waals surface area contributed by atoms with E-state index >= 15 is 0 Å². The quantitative estimate of drug-likeness (QED) is 0.746. The van der Waals surface area contributed by atoms with Gasteiger partial charge in [-0.25, -0.2) is 0 Å². The number of hydrogen-bond donors (Lipinski definition) is 2. The van der Waals surface area contributed by atoms with Gasteiger partial charge in [-0.15, -0.1) is 12.4 Å². The van der Waals surface area contributed by atoms with Crippen molar-refractivity contribution in [1.29, 1.82) is 0 Å². The lowest BCUT2D eigenvalue weighted by atomic mass is 9.95. The first kappa shape index (κ1) is 12.0. The molecule has 1 amide bonds. The second-order valence-corrected chi connectivity index (χ2v) is 3.52. The maximum Gasteiger partial charge on any atom is 0.237 e. The Balaban J connectivity index is 0.00000112. The summed E-state index contributed by atoms with van der Waals surface area (Å²) in [6.07, 6.45) is 0.788. The Morgan fingerprint density at radius 1 is 1.40 bits per heavy atom. The van der Waals surface area contributed by atoms with Gasteiger partial charge in [-0.05, 0) is 17.5 Å². The number of amides is 1. The fourth-order valence-corrected chi connectivity index (χ4v) is 1.81. The van der Waals surface area contributed by atoms with E-state index in [2.05, 4.69) is 22.8 Å². The highest BCUT2D eigenvalue weighted by molar-refractivity contribution is 5.85. The van der Waals surface area contributed by atoms with Crippen molar-refractivity contribution in [3.8, 4) is 0 Å². The molecule has 1 atom stereocenters. The van der Waals surface area contributed by atoms with Gasteiger partial charge >= 0.3 is 0 Å². The third-order valence-corrected chi connectivity index (χ3v) is 2.64. The van der Waals surface area contributed by atoms with E-state index in [0.717, 1.165) is 13.0 Å². The first-order chi connectivity index (χ1) is 6.81. The SMILES string of the molecule is CNC(=O)[C@H]1Cc2ccccc2CN1.Cl. The van der Waals surface area contributed by atoms with E-state index in [-0.39, 0.29) is 24.4 Å². The molecule has 15 heavy (non-hydrogen) atoms. The van der Waals surface area contributed by atoms with Crippen LogP contribution in [0.1, 0.15) is 11.1 Å². The number of likely N-dealkylation sites (N-methyl/N-ethyl adjacent to an activating group) is 1. The van der Waals surface area contributed by atoms with Gasteiger partial charge in [0.25, 0.3) is 0 Å². The van der Waals surface area contributed by atoms with Gasteiger partial charge in [-0.3, -0.25) is 4.79 Å². The van der Waals surface area contributed by atoms with Gasteiger partial charge in [-0.1, -0.05) is 24.3 Å². The van der Waals surface area contributed by atoms with E-state index in [9.17, 15) is 4.79 Å². The number of nitrogens with one attached hydrogen (secondary N) is 2. The molecule has 4 heteroatoms. The number of halogens is 1. The zero-order valence-corrected chi connectivity index (χ0v) is 9.43. The van der Waals surface area contributed by atoms with Crippen molar-refractivity contribution in [3.05, 3.63) is 35.4 Å². The second-order valence-electron chi connectivity index (χ2n) is 3.52. The maximum atomic E-state index is 11.4. The summed E-state index contributed by atoms with van der Waals surface area (Å²) in [6, 6.07) is 8.16. The predicted molar refractivity (Wildman–Crippen MR) is 62.1 cm³/mol. The van der Waals surface area contributed by atoms with E-state index < -0.39 is 0 Å². The van der Waals surface area contributed by atoms with Gasteiger partial charge in [0, 0.05) is 13.6 Å². The molecule has 1 aliphatic heterocycles. The largest absolute Gasteiger partial charge is 0.358 e. The van der Waals surface area contributed by atoms with Crippen molar-refractivity contribution in [2.75, 3.05) is 7.05 Å². The minimum atomic E-state index is -0.0742. The lowest BCUT2D eigenvalue weighted by Crippen LogP contribution is -2.46. The summed E-state index contributed by atoms with van der Waals surface area (Å²) in [4.78, 5) is 11.4. The molecule has 3 nitrogen and oxygen atoms in total. The normalized spacial score (nSPS) is 18.6. The van der Waals surface area contributed by atoms with Gasteiger partial charge < -0.3 is 10.6 Å². The van der Waals surface area contributed by atoms with Crippen LogP contribution in [0.3, 0.4) is 0 Å². The minimum absolute atomic E-state index is 0. The summed E-state index contributed by atoms with van der Waals surface area (Å²) in [6.45, 7) is 0.786. The molecule has 0 spiro atoms. The average Bonchev–Trinajstić information content (AvgIpc) is 2.27. The zero-order chi connectivity index (χ0) is 9.97. The molecule has 0 radical (unpaired) electrons. The summed E-state index contributed by atoms with van der Waals surface area (Å²) < 4.78 is 0. The standard InChI is InChI=1S/C11H14N2O.ClH/c1-12-11(14)10-6-8-4-2-3-5-9(8)7-13-10;/h2-5,10,13H,6-7H2,1H3,(H,12,14);1H/t10-;/m1./s1. The molecule has 1 aliphatic rings. The van der Waals surface area contributed by atoms with Crippen molar-refractivity contribution in [3.63, 3.8) is 0 Å². The molecular formula is C11H15ClN2O. The number of carbonyl (C=O) groups is 1. The lowest BCUT2D eigenvalue weighted by molar-refractivity contribution is -0.122. The first-order valence-corrected chi connectivity index (χ1v) is 4.83. The van der Waals surface area contributed by atoms with E-state index in [0.29, 0.717) is 0 Å². The Hall–Kier alpha value is -1.06. The van der Waals surface area contributed by atoms with Crippen LogP contribution >= 0.6 is 12.4 Å². The number of carbonyl (C=O) groups excluding carboxylic acids is 1. The molecule has 82 valence electrons. The molecule has 0 unspecified atom stereocenters. The summed E-state index contributed by atoms with van der Waals surface area (Å²) in [7, 11) is 1.67. The number of fused-ring (bicyclic) bond motifs is 1. The average molecular weight is 227 g/mol. The van der Waals surface area contributed by atoms with Crippen LogP contribution in [-0.4, -0.2) is 19.0 Å². The topological polar surface area (TPSA) is 41.1 Å². The number of rotatable bonds is 1. The third-order valence-electron chi connectivity index (χ3n) is 2.64. The Labute approximate surface area is 95.7 Å². The summed E-state index contributed by atoms with van der Waals surface area (Å²) >= 11 is 0. The minimum Gasteiger partial charge on any atom is -0.358 e. The van der Waals surface area contributed by atoms with E-state index in [1.807, 2.05) is 12.1 Å². The highest BCUT2D eigenvalue weighted by atomic mass is 35.5. The van der Waals surface area contributed by atoms with Crippen LogP contribution in [0.15, 0.2) is 24.3 Å². The number of benzene rings is 1. The van der Waals surface area contributed by atoms with Gasteiger partial charge in [-0.2, -0.15) is 0 Å². The predicted octanol–water partition coefficient (Wildman–Crippen LogP) is 0.869. The van der Waals surface area contributed by atoms with Crippen molar-refractivity contribution in [2.45, 2.75) is 19.0 Å². The third kappa shape index (κ3) is 2.49. The molecule has 0 saturated carbocycles. The van der Waals surface area contributed by atoms with Crippen molar-refractivity contribution in [1.82, 2.24) is 10.6 Å². The summed E-state index contributed by atoms with van der Waals surface area (Å²) in [5.74, 6) is 0.0690. The summed E-state index contributed by atoms with van der Waals surface area (Å²) in [5.41, 5.74) is 2.58. The molecule has 2 rings (SSSR count). The Morgan fingerprint density at radius 2 is 2.07 bits per heavy atom. The molecule has 2 N–H and O–H groups in total. The Morgan fingerprint density at radius 3 is 2.73 bits per heavy atom. The van der Waals surface area contributed by atoms with Gasteiger partial charge in [0.1, 0.15) is 0 Å². The Kier molecular flexibility index (Phi) is 4.12. The molecule has 1 heterocycles. The highest BCUT2D eigenvalue weighted by Gasteiger charge is 2.22. The molecule has 1 aromatic carbocycles. The molecule has 0 fully saturated rings. The van der Waals surface area contributed by atoms with Crippen LogP contribution in [0, 0.1) is 0 Å². The monoisotopic (exact) mass is 226 g/mol. The van der Waals surface area contributed by atoms with Crippen LogP contribution in [-0.2, 0) is 17.8 Å². The lowest BCUT2D eigenvalue weighted by Gasteiger charge is -2.24. The van der Waals surface area contributed by atoms with Crippen molar-refractivity contribution < 1.29 is 4.79 Å². The molecule has 0 bridgehead atoms. The summed E-state index contributed by atoms with van der Waals surface area (Å²) in [5, 5.41) is 5.88. The molecule has 0 aliphatic carbocycles. The van der Waals surface area contributed by atoms with E-state index in [4.69, 9.17) is 0 Å². The smallest absolute Gasteiger partial charge is 0.237 e. The zero-order valence-electron chi connectivity index (χ0n) is 8.62. The van der Waals surface area contributed by atoms with Crippen molar-refractivity contribution in [2.24, 2.45) is 0 Å². The highest BCUT2D eigenvalue weighted by Crippen LogP contribution is 2.15. The number of hydrogen-bond acceptors (Lipinski definition) is 2. The van der Waals surface area contributed by atoms with Gasteiger partial charge in [0.15, 0.2) is 0 Å². The van der Waals surface area contributed by atoms with Gasteiger partial charge in [0.2, 0.25) is 5.91 Å². The van der Waals surface area contributed by atoms with Crippen LogP contribution < -0.4 is 10.6 Å². The molecule has 1 aromatic rings. The fourth-order valence-electron chi connectivity index (χ4n) is 1.81. The van der Waals surface area contributed by atoms with Crippen LogP contribution in [0.2, 0.25) is 0 Å². The van der Waals surface area contributed by atoms with Crippen LogP contribution in [0.25, 0.3) is 0 Å². The van der Waals surface area contributed by atoms with Gasteiger partial charge in [0.05, 0.1) is 6.04 Å². The fraction of sp³-hybridized carbons (Fsp3) is 0.364. The Bertz CT molecular complexity index is 354. The second kappa shape index (κ2) is 5.14. The van der Waals surface area contributed by atoms with E-state index in [1.165, 1.54) is 11.1 Å². The van der Waals surface area contributed by atoms with E-state index in [1.54, 1.807) is 7.05 Å². The molecule has 0 saturated heterocycles. The van der Waals surface area contributed by atoms with Crippen LogP contribution in [0.4, 0.5) is 0 Å². The van der Waals surface area contributed by atoms with Crippen LogP contribution in [0.5, 0.6) is 0 Å². The maximum absolute atomic E-state index is 11.4. The molecule has 0 aromatic heterocycles. The first-order valence-electron chi connectivity index (χ1n) is 4.83. The molecular weight excluding hydrogens is 212 g/mol. The van der Waals surface area contributed by atoms with Crippen molar-refractivity contribution >= 4 is 18.3 Å².